The highest BCUT2D eigenvalue weighted by atomic mass is 14.0. The topological polar surface area (TPSA) is 0 Å². The second kappa shape index (κ2) is 6.90. The van der Waals surface area contributed by atoms with E-state index in [2.05, 4.69) is 17.8 Å². The van der Waals surface area contributed by atoms with Crippen molar-refractivity contribution in [3.8, 4) is 24.2 Å². The van der Waals surface area contributed by atoms with Crippen LogP contribution in [-0.2, 0) is 0 Å². The van der Waals surface area contributed by atoms with Crippen LogP contribution in [0.1, 0.15) is 11.1 Å². The van der Waals surface area contributed by atoms with Crippen molar-refractivity contribution in [3.63, 3.8) is 0 Å². The lowest BCUT2D eigenvalue weighted by molar-refractivity contribution is 1.18. The average Bonchev–Trinajstić information content (AvgIpc) is 2.49. The Morgan fingerprint density at radius 1 is 0.895 bits per heavy atom. The largest absolute Gasteiger partial charge is 0.118 e. The Balaban J connectivity index is 2.09. The summed E-state index contributed by atoms with van der Waals surface area (Å²) in [6, 6.07) is 19.9. The number of hydrogen-bond acceptors (Lipinski definition) is 0. The van der Waals surface area contributed by atoms with E-state index in [0.717, 1.165) is 11.1 Å². The van der Waals surface area contributed by atoms with Crippen molar-refractivity contribution in [1.82, 2.24) is 0 Å². The molecular formula is C19H14. The van der Waals surface area contributed by atoms with Crippen molar-refractivity contribution in [1.29, 1.82) is 0 Å². The van der Waals surface area contributed by atoms with Gasteiger partial charge >= 0.3 is 0 Å². The van der Waals surface area contributed by atoms with E-state index in [1.54, 1.807) is 0 Å². The molecule has 1 unspecified atom stereocenters. The van der Waals surface area contributed by atoms with Gasteiger partial charge in [-0.25, -0.2) is 0 Å². The first-order chi connectivity index (χ1) is 9.38. The van der Waals surface area contributed by atoms with E-state index in [9.17, 15) is 0 Å². The summed E-state index contributed by atoms with van der Waals surface area (Å²) in [5.41, 5.74) is 2.11. The average molecular weight is 242 g/mol. The van der Waals surface area contributed by atoms with Crippen LogP contribution in [-0.4, -0.2) is 0 Å². The molecule has 0 spiro atoms. The van der Waals surface area contributed by atoms with Crippen LogP contribution in [0.5, 0.6) is 0 Å². The van der Waals surface area contributed by atoms with Crippen LogP contribution in [0.2, 0.25) is 0 Å². The van der Waals surface area contributed by atoms with Gasteiger partial charge in [0.05, 0.1) is 5.92 Å². The van der Waals surface area contributed by atoms with Crippen molar-refractivity contribution in [3.05, 3.63) is 77.9 Å². The second-order valence-electron chi connectivity index (χ2n) is 4.05. The lowest BCUT2D eigenvalue weighted by Gasteiger charge is -1.95. The van der Waals surface area contributed by atoms with Crippen molar-refractivity contribution < 1.29 is 0 Å². The number of terminal acetylenes is 1. The van der Waals surface area contributed by atoms with Crippen LogP contribution in [0.15, 0.2) is 66.7 Å². The van der Waals surface area contributed by atoms with Crippen molar-refractivity contribution >= 4 is 6.08 Å². The van der Waals surface area contributed by atoms with Gasteiger partial charge in [0, 0.05) is 5.56 Å². The van der Waals surface area contributed by atoms with Crippen molar-refractivity contribution in [2.24, 2.45) is 5.92 Å². The van der Waals surface area contributed by atoms with Gasteiger partial charge in [-0.15, -0.1) is 6.42 Å². The van der Waals surface area contributed by atoms with E-state index in [1.807, 2.05) is 72.8 Å². The minimum atomic E-state index is -0.166. The first-order valence-electron chi connectivity index (χ1n) is 6.14. The van der Waals surface area contributed by atoms with Gasteiger partial charge < -0.3 is 0 Å². The zero-order valence-corrected chi connectivity index (χ0v) is 10.6. The van der Waals surface area contributed by atoms with Crippen LogP contribution in [0.4, 0.5) is 0 Å². The lowest BCUT2D eigenvalue weighted by atomic mass is 10.1. The molecule has 90 valence electrons. The SMILES string of the molecule is C#CC(C#Cc1ccccc1)/C=C/c1ccccc1. The number of rotatable bonds is 2. The van der Waals surface area contributed by atoms with Gasteiger partial charge in [0.1, 0.15) is 0 Å². The molecular weight excluding hydrogens is 228 g/mol. The van der Waals surface area contributed by atoms with Crippen LogP contribution in [0.3, 0.4) is 0 Å². The quantitative estimate of drug-likeness (QED) is 0.698. The molecule has 0 saturated heterocycles. The van der Waals surface area contributed by atoms with E-state index >= 15 is 0 Å². The third-order valence-electron chi connectivity index (χ3n) is 2.61. The fourth-order valence-corrected chi connectivity index (χ4v) is 1.60. The third-order valence-corrected chi connectivity index (χ3v) is 2.61. The first kappa shape index (κ1) is 12.7. The summed E-state index contributed by atoms with van der Waals surface area (Å²) in [7, 11) is 0. The Labute approximate surface area is 114 Å². The Hall–Kier alpha value is -2.70. The van der Waals surface area contributed by atoms with Gasteiger partial charge in [-0.2, -0.15) is 0 Å². The minimum absolute atomic E-state index is 0.166. The molecule has 0 fully saturated rings. The maximum absolute atomic E-state index is 5.50. The molecule has 0 nitrogen and oxygen atoms in total. The molecule has 2 rings (SSSR count). The monoisotopic (exact) mass is 242 g/mol. The maximum atomic E-state index is 5.50. The molecule has 0 radical (unpaired) electrons. The molecule has 0 saturated carbocycles. The zero-order chi connectivity index (χ0) is 13.3. The van der Waals surface area contributed by atoms with Gasteiger partial charge in [-0.1, -0.05) is 78.4 Å². The van der Waals surface area contributed by atoms with Crippen molar-refractivity contribution in [2.75, 3.05) is 0 Å². The zero-order valence-electron chi connectivity index (χ0n) is 10.6. The highest BCUT2D eigenvalue weighted by Crippen LogP contribution is 2.05. The van der Waals surface area contributed by atoms with Gasteiger partial charge in [0.25, 0.3) is 0 Å². The van der Waals surface area contributed by atoms with Crippen LogP contribution in [0.25, 0.3) is 6.08 Å². The highest BCUT2D eigenvalue weighted by molar-refractivity contribution is 5.51. The molecule has 0 N–H and O–H groups in total. The number of allylic oxidation sites excluding steroid dienone is 1. The second-order valence-corrected chi connectivity index (χ2v) is 4.05. The normalized spacial score (nSPS) is 11.3. The van der Waals surface area contributed by atoms with Crippen molar-refractivity contribution in [2.45, 2.75) is 0 Å². The molecule has 0 aromatic heterocycles. The molecule has 0 heteroatoms. The molecule has 19 heavy (non-hydrogen) atoms. The molecule has 1 atom stereocenters. The molecule has 0 aliphatic carbocycles. The minimum Gasteiger partial charge on any atom is -0.118 e. The fraction of sp³-hybridized carbons (Fsp3) is 0.0526. The maximum Gasteiger partial charge on any atom is 0.0995 e. The Kier molecular flexibility index (Phi) is 4.63. The summed E-state index contributed by atoms with van der Waals surface area (Å²) in [4.78, 5) is 0. The predicted molar refractivity (Wildman–Crippen MR) is 81.1 cm³/mol. The van der Waals surface area contributed by atoms with Gasteiger partial charge in [0.2, 0.25) is 0 Å². The predicted octanol–water partition coefficient (Wildman–Crippen LogP) is 4.00. The molecule has 0 aliphatic rings. The molecule has 0 bridgehead atoms. The van der Waals surface area contributed by atoms with E-state index < -0.39 is 0 Å². The van der Waals surface area contributed by atoms with E-state index in [1.165, 1.54) is 0 Å². The van der Waals surface area contributed by atoms with Gasteiger partial charge in [0.15, 0.2) is 0 Å². The Morgan fingerprint density at radius 3 is 2.16 bits per heavy atom. The Morgan fingerprint density at radius 2 is 1.53 bits per heavy atom. The summed E-state index contributed by atoms with van der Waals surface area (Å²) in [5.74, 6) is 8.69. The number of hydrogen-bond donors (Lipinski definition) is 0. The summed E-state index contributed by atoms with van der Waals surface area (Å²) in [6.45, 7) is 0. The molecule has 0 heterocycles. The van der Waals surface area contributed by atoms with Crippen LogP contribution in [0, 0.1) is 30.1 Å². The third kappa shape index (κ3) is 4.23. The molecule has 2 aromatic carbocycles. The smallest absolute Gasteiger partial charge is 0.0995 e. The molecule has 2 aromatic rings. The molecule has 0 amide bonds. The number of benzene rings is 2. The van der Waals surface area contributed by atoms with Gasteiger partial charge in [-0.05, 0) is 17.7 Å². The summed E-state index contributed by atoms with van der Waals surface area (Å²) in [5, 5.41) is 0. The van der Waals surface area contributed by atoms with Crippen LogP contribution >= 0.6 is 0 Å². The van der Waals surface area contributed by atoms with E-state index in [-0.39, 0.29) is 5.92 Å². The summed E-state index contributed by atoms with van der Waals surface area (Å²) >= 11 is 0. The molecule has 0 aliphatic heterocycles. The standard InChI is InChI=1S/C19H14/c1-2-17(13-15-18-9-5-3-6-10-18)14-16-19-11-7-4-8-12-19/h1,3-13,15,17H/b15-13+. The van der Waals surface area contributed by atoms with E-state index in [4.69, 9.17) is 6.42 Å². The van der Waals surface area contributed by atoms with Gasteiger partial charge in [-0.3, -0.25) is 0 Å². The van der Waals surface area contributed by atoms with Crippen LogP contribution < -0.4 is 0 Å². The Bertz CT molecular complexity index is 631. The fourth-order valence-electron chi connectivity index (χ4n) is 1.60. The lowest BCUT2D eigenvalue weighted by Crippen LogP contribution is -1.86. The first-order valence-corrected chi connectivity index (χ1v) is 6.14. The summed E-state index contributed by atoms with van der Waals surface area (Å²) < 4.78 is 0. The highest BCUT2D eigenvalue weighted by Gasteiger charge is 1.93. The van der Waals surface area contributed by atoms with E-state index in [0.29, 0.717) is 0 Å². The summed E-state index contributed by atoms with van der Waals surface area (Å²) in [6.07, 6.45) is 9.45.